The fourth-order valence-electron chi connectivity index (χ4n) is 1.80. The largest absolute Gasteiger partial charge is 0.368 e. The summed E-state index contributed by atoms with van der Waals surface area (Å²) >= 11 is 0. The van der Waals surface area contributed by atoms with Crippen LogP contribution < -0.4 is 16.4 Å². The fraction of sp³-hybridized carbons (Fsp3) is 0.250. The van der Waals surface area contributed by atoms with Crippen LogP contribution in [0.2, 0.25) is 0 Å². The molecule has 1 saturated heterocycles. The van der Waals surface area contributed by atoms with Crippen molar-refractivity contribution in [3.8, 4) is 12.3 Å². The molecule has 0 spiro atoms. The van der Waals surface area contributed by atoms with E-state index in [2.05, 4.69) is 31.5 Å². The van der Waals surface area contributed by atoms with Crippen LogP contribution in [0.15, 0.2) is 12.3 Å². The number of fused-ring (bicyclic) bond motifs is 1. The van der Waals surface area contributed by atoms with Gasteiger partial charge in [0.2, 0.25) is 5.95 Å². The van der Waals surface area contributed by atoms with E-state index in [0.717, 1.165) is 13.1 Å². The van der Waals surface area contributed by atoms with Crippen LogP contribution in [0.3, 0.4) is 0 Å². The molecule has 1 fully saturated rings. The van der Waals surface area contributed by atoms with Crippen molar-refractivity contribution in [3.05, 3.63) is 17.8 Å². The molecule has 0 radical (unpaired) electrons. The van der Waals surface area contributed by atoms with E-state index in [1.165, 1.54) is 0 Å². The average molecular weight is 240 g/mol. The fourth-order valence-corrected chi connectivity index (χ4v) is 1.80. The molecular weight excluding hydrogens is 228 g/mol. The highest BCUT2D eigenvalue weighted by molar-refractivity contribution is 5.86. The van der Waals surface area contributed by atoms with Gasteiger partial charge in [-0.3, -0.25) is 0 Å². The van der Waals surface area contributed by atoms with Gasteiger partial charge < -0.3 is 16.4 Å². The molecule has 3 rings (SSSR count). The third kappa shape index (κ3) is 1.81. The zero-order chi connectivity index (χ0) is 12.5. The first-order chi connectivity index (χ1) is 8.76. The van der Waals surface area contributed by atoms with Crippen molar-refractivity contribution in [2.45, 2.75) is 6.04 Å². The first kappa shape index (κ1) is 10.7. The number of aromatic nitrogens is 3. The predicted molar refractivity (Wildman–Crippen MR) is 70.0 cm³/mol. The van der Waals surface area contributed by atoms with Gasteiger partial charge in [0.1, 0.15) is 5.52 Å². The Hall–Kier alpha value is -2.39. The second-order valence-corrected chi connectivity index (χ2v) is 4.17. The van der Waals surface area contributed by atoms with E-state index in [-0.39, 0.29) is 5.95 Å². The number of nitrogens with zero attached hydrogens (tertiary/aromatic N) is 3. The maximum absolute atomic E-state index is 5.69. The van der Waals surface area contributed by atoms with Gasteiger partial charge in [0.15, 0.2) is 5.82 Å². The quantitative estimate of drug-likeness (QED) is 0.639. The van der Waals surface area contributed by atoms with Crippen molar-refractivity contribution in [1.29, 1.82) is 0 Å². The van der Waals surface area contributed by atoms with Gasteiger partial charge in [0.05, 0.1) is 11.6 Å². The SMILES string of the molecule is C#Cc1cnc2c(NC3CNC3)nc(N)nc2c1. The van der Waals surface area contributed by atoms with Crippen LogP contribution in [0, 0.1) is 12.3 Å². The molecular formula is C12H12N6. The molecule has 0 amide bonds. The predicted octanol–water partition coefficient (Wildman–Crippen LogP) is -0.0280. The lowest BCUT2D eigenvalue weighted by molar-refractivity contribution is 0.471. The molecule has 1 aliphatic heterocycles. The number of terminal acetylenes is 1. The van der Waals surface area contributed by atoms with Crippen molar-refractivity contribution in [2.75, 3.05) is 24.1 Å². The molecule has 3 heterocycles. The van der Waals surface area contributed by atoms with Crippen molar-refractivity contribution in [2.24, 2.45) is 0 Å². The van der Waals surface area contributed by atoms with Gasteiger partial charge in [-0.05, 0) is 6.07 Å². The van der Waals surface area contributed by atoms with Gasteiger partial charge in [-0.2, -0.15) is 4.98 Å². The topological polar surface area (TPSA) is 88.8 Å². The maximum atomic E-state index is 5.69. The standard InChI is InChI=1S/C12H12N6/c1-2-7-3-9-10(15-4-7)11(18-12(13)17-9)16-8-5-14-6-8/h1,3-4,8,14H,5-6H2,(H3,13,16,17,18). The third-order valence-electron chi connectivity index (χ3n) is 2.84. The summed E-state index contributed by atoms with van der Waals surface area (Å²) in [6.07, 6.45) is 6.97. The number of nitrogens with one attached hydrogen (secondary N) is 2. The van der Waals surface area contributed by atoms with Crippen LogP contribution in [-0.2, 0) is 0 Å². The summed E-state index contributed by atoms with van der Waals surface area (Å²) in [4.78, 5) is 12.6. The lowest BCUT2D eigenvalue weighted by Crippen LogP contribution is -2.51. The summed E-state index contributed by atoms with van der Waals surface area (Å²) < 4.78 is 0. The van der Waals surface area contributed by atoms with Gasteiger partial charge in [-0.25, -0.2) is 9.97 Å². The van der Waals surface area contributed by atoms with Crippen LogP contribution in [0.4, 0.5) is 11.8 Å². The Labute approximate surface area is 104 Å². The Bertz CT molecular complexity index is 641. The van der Waals surface area contributed by atoms with Crippen LogP contribution in [0.1, 0.15) is 5.56 Å². The molecule has 90 valence electrons. The Morgan fingerprint density at radius 2 is 2.28 bits per heavy atom. The molecule has 6 heteroatoms. The summed E-state index contributed by atoms with van der Waals surface area (Å²) in [5, 5.41) is 6.47. The van der Waals surface area contributed by atoms with Crippen LogP contribution >= 0.6 is 0 Å². The van der Waals surface area contributed by atoms with E-state index in [4.69, 9.17) is 12.2 Å². The summed E-state index contributed by atoms with van der Waals surface area (Å²) in [7, 11) is 0. The van der Waals surface area contributed by atoms with Crippen molar-refractivity contribution < 1.29 is 0 Å². The molecule has 18 heavy (non-hydrogen) atoms. The average Bonchev–Trinajstić information content (AvgIpc) is 2.32. The first-order valence-corrected chi connectivity index (χ1v) is 5.63. The number of hydrogen-bond acceptors (Lipinski definition) is 6. The summed E-state index contributed by atoms with van der Waals surface area (Å²) in [6, 6.07) is 2.14. The number of pyridine rings is 1. The molecule has 2 aromatic heterocycles. The maximum Gasteiger partial charge on any atom is 0.222 e. The Kier molecular flexibility index (Phi) is 2.46. The number of hydrogen-bond donors (Lipinski definition) is 3. The number of nitrogens with two attached hydrogens (primary N) is 1. The van der Waals surface area contributed by atoms with E-state index < -0.39 is 0 Å². The minimum atomic E-state index is 0.216. The van der Waals surface area contributed by atoms with Gasteiger partial charge in [0.25, 0.3) is 0 Å². The van der Waals surface area contributed by atoms with Crippen LogP contribution in [0.25, 0.3) is 11.0 Å². The van der Waals surface area contributed by atoms with Gasteiger partial charge >= 0.3 is 0 Å². The zero-order valence-corrected chi connectivity index (χ0v) is 9.64. The third-order valence-corrected chi connectivity index (χ3v) is 2.84. The van der Waals surface area contributed by atoms with E-state index in [1.807, 2.05) is 0 Å². The molecule has 0 aliphatic carbocycles. The van der Waals surface area contributed by atoms with E-state index in [1.54, 1.807) is 12.3 Å². The first-order valence-electron chi connectivity index (χ1n) is 5.63. The number of rotatable bonds is 2. The monoisotopic (exact) mass is 240 g/mol. The van der Waals surface area contributed by atoms with Crippen molar-refractivity contribution in [3.63, 3.8) is 0 Å². The summed E-state index contributed by atoms with van der Waals surface area (Å²) in [6.45, 7) is 1.82. The normalized spacial score (nSPS) is 15.1. The van der Waals surface area contributed by atoms with Crippen LogP contribution in [-0.4, -0.2) is 34.1 Å². The minimum absolute atomic E-state index is 0.216. The van der Waals surface area contributed by atoms with Crippen molar-refractivity contribution >= 4 is 22.8 Å². The zero-order valence-electron chi connectivity index (χ0n) is 9.64. The summed E-state index contributed by atoms with van der Waals surface area (Å²) in [5.74, 6) is 3.40. The minimum Gasteiger partial charge on any atom is -0.368 e. The second-order valence-electron chi connectivity index (χ2n) is 4.17. The molecule has 0 saturated carbocycles. The van der Waals surface area contributed by atoms with Crippen molar-refractivity contribution in [1.82, 2.24) is 20.3 Å². The van der Waals surface area contributed by atoms with E-state index in [0.29, 0.717) is 28.5 Å². The molecule has 0 atom stereocenters. The number of nitrogen functional groups attached to an aromatic ring is 1. The molecule has 2 aromatic rings. The van der Waals surface area contributed by atoms with E-state index >= 15 is 0 Å². The lowest BCUT2D eigenvalue weighted by Gasteiger charge is -2.28. The number of anilines is 2. The van der Waals surface area contributed by atoms with Gasteiger partial charge in [-0.1, -0.05) is 5.92 Å². The molecule has 0 unspecified atom stereocenters. The van der Waals surface area contributed by atoms with Gasteiger partial charge in [-0.15, -0.1) is 6.42 Å². The highest BCUT2D eigenvalue weighted by Gasteiger charge is 2.18. The van der Waals surface area contributed by atoms with Gasteiger partial charge in [0, 0.05) is 24.8 Å². The molecule has 6 nitrogen and oxygen atoms in total. The second kappa shape index (κ2) is 4.13. The highest BCUT2D eigenvalue weighted by Crippen LogP contribution is 2.20. The molecule has 0 aromatic carbocycles. The van der Waals surface area contributed by atoms with Crippen LogP contribution in [0.5, 0.6) is 0 Å². The molecule has 4 N–H and O–H groups in total. The summed E-state index contributed by atoms with van der Waals surface area (Å²) in [5.41, 5.74) is 7.72. The smallest absolute Gasteiger partial charge is 0.222 e. The lowest BCUT2D eigenvalue weighted by atomic mass is 10.2. The van der Waals surface area contributed by atoms with E-state index in [9.17, 15) is 0 Å². The Balaban J connectivity index is 2.09. The Morgan fingerprint density at radius 1 is 1.44 bits per heavy atom. The highest BCUT2D eigenvalue weighted by atomic mass is 15.2. The molecule has 0 bridgehead atoms. The Morgan fingerprint density at radius 3 is 2.94 bits per heavy atom. The molecule has 1 aliphatic rings.